The van der Waals surface area contributed by atoms with E-state index in [4.69, 9.17) is 9.47 Å². The molecule has 1 aromatic heterocycles. The summed E-state index contributed by atoms with van der Waals surface area (Å²) in [5, 5.41) is 12.4. The van der Waals surface area contributed by atoms with E-state index in [1.807, 2.05) is 18.4 Å². The quantitative estimate of drug-likeness (QED) is 0.812. The van der Waals surface area contributed by atoms with Crippen molar-refractivity contribution in [2.24, 2.45) is 0 Å². The van der Waals surface area contributed by atoms with Gasteiger partial charge in [-0.05, 0) is 23.9 Å². The standard InChI is InChI=1S/C20H21NO5S/c1-5-15(22)16-17(19-11(2)6-7-27-19)21(20(24)18(16)23)12-8-13(25-3)10-14(9-12)26-4/h6-10,17,23H,5H2,1-4H3. The number of hydrogen-bond acceptors (Lipinski definition) is 6. The lowest BCUT2D eigenvalue weighted by Crippen LogP contribution is -2.31. The third-order valence-corrected chi connectivity index (χ3v) is 5.67. The number of aryl methyl sites for hydroxylation is 1. The summed E-state index contributed by atoms with van der Waals surface area (Å²) in [6, 6.07) is 6.31. The first kappa shape index (κ1) is 19.0. The monoisotopic (exact) mass is 387 g/mol. The molecular formula is C20H21NO5S. The Bertz CT molecular complexity index is 908. The number of carbonyl (C=O) groups is 2. The normalized spacial score (nSPS) is 16.8. The van der Waals surface area contributed by atoms with Crippen LogP contribution in [0.15, 0.2) is 41.0 Å². The second-order valence-electron chi connectivity index (χ2n) is 6.16. The molecule has 1 N–H and O–H groups in total. The highest BCUT2D eigenvalue weighted by Crippen LogP contribution is 2.45. The number of carbonyl (C=O) groups excluding carboxylic acids is 2. The summed E-state index contributed by atoms with van der Waals surface area (Å²) >= 11 is 1.45. The van der Waals surface area contributed by atoms with Crippen LogP contribution in [0.1, 0.15) is 29.8 Å². The van der Waals surface area contributed by atoms with Gasteiger partial charge in [0.25, 0.3) is 5.91 Å². The van der Waals surface area contributed by atoms with Crippen LogP contribution < -0.4 is 14.4 Å². The molecule has 2 aromatic rings. The van der Waals surface area contributed by atoms with Crippen LogP contribution in [0, 0.1) is 6.92 Å². The molecule has 0 aliphatic carbocycles. The number of methoxy groups -OCH3 is 2. The van der Waals surface area contributed by atoms with Crippen molar-refractivity contribution in [1.29, 1.82) is 0 Å². The molecule has 142 valence electrons. The van der Waals surface area contributed by atoms with Crippen molar-refractivity contribution < 1.29 is 24.2 Å². The van der Waals surface area contributed by atoms with E-state index >= 15 is 0 Å². The molecule has 3 rings (SSSR count). The first-order valence-electron chi connectivity index (χ1n) is 8.49. The number of amides is 1. The fraction of sp³-hybridized carbons (Fsp3) is 0.300. The van der Waals surface area contributed by atoms with E-state index in [-0.39, 0.29) is 17.8 Å². The number of hydrogen-bond donors (Lipinski definition) is 1. The molecule has 2 heterocycles. The van der Waals surface area contributed by atoms with Crippen LogP contribution in [0.25, 0.3) is 0 Å². The lowest BCUT2D eigenvalue weighted by atomic mass is 9.98. The van der Waals surface area contributed by atoms with Gasteiger partial charge in [-0.3, -0.25) is 14.5 Å². The van der Waals surface area contributed by atoms with Crippen LogP contribution in [0.4, 0.5) is 5.69 Å². The molecule has 1 unspecified atom stereocenters. The molecule has 1 atom stereocenters. The van der Waals surface area contributed by atoms with Crippen molar-refractivity contribution in [2.75, 3.05) is 19.1 Å². The Labute approximate surface area is 161 Å². The zero-order valence-electron chi connectivity index (χ0n) is 15.6. The van der Waals surface area contributed by atoms with Gasteiger partial charge in [-0.15, -0.1) is 11.3 Å². The molecule has 0 saturated carbocycles. The Kier molecular flexibility index (Phi) is 5.23. The fourth-order valence-electron chi connectivity index (χ4n) is 3.19. The van der Waals surface area contributed by atoms with E-state index in [0.717, 1.165) is 10.4 Å². The highest BCUT2D eigenvalue weighted by atomic mass is 32.1. The number of rotatable bonds is 6. The van der Waals surface area contributed by atoms with Crippen LogP contribution in [0.5, 0.6) is 11.5 Å². The third-order valence-electron chi connectivity index (χ3n) is 4.59. The van der Waals surface area contributed by atoms with Crippen molar-refractivity contribution in [2.45, 2.75) is 26.3 Å². The summed E-state index contributed by atoms with van der Waals surface area (Å²) in [6.07, 6.45) is 0.197. The highest BCUT2D eigenvalue weighted by molar-refractivity contribution is 7.10. The van der Waals surface area contributed by atoms with Gasteiger partial charge in [0, 0.05) is 29.5 Å². The summed E-state index contributed by atoms with van der Waals surface area (Å²) in [4.78, 5) is 27.8. The molecule has 0 radical (unpaired) electrons. The third kappa shape index (κ3) is 3.19. The second-order valence-corrected chi connectivity index (χ2v) is 7.10. The van der Waals surface area contributed by atoms with Crippen LogP contribution >= 0.6 is 11.3 Å². The Hall–Kier alpha value is -2.80. The minimum absolute atomic E-state index is 0.134. The first-order chi connectivity index (χ1) is 12.9. The lowest BCUT2D eigenvalue weighted by molar-refractivity contribution is -0.118. The van der Waals surface area contributed by atoms with Gasteiger partial charge < -0.3 is 14.6 Å². The van der Waals surface area contributed by atoms with Crippen LogP contribution in [-0.2, 0) is 9.59 Å². The van der Waals surface area contributed by atoms with Gasteiger partial charge in [-0.2, -0.15) is 0 Å². The molecule has 6 nitrogen and oxygen atoms in total. The number of aliphatic hydroxyl groups is 1. The van der Waals surface area contributed by atoms with Gasteiger partial charge in [0.05, 0.1) is 25.5 Å². The second kappa shape index (κ2) is 7.44. The van der Waals surface area contributed by atoms with Gasteiger partial charge in [-0.25, -0.2) is 0 Å². The molecule has 1 amide bonds. The van der Waals surface area contributed by atoms with Crippen molar-refractivity contribution in [3.8, 4) is 11.5 Å². The predicted molar refractivity (Wildman–Crippen MR) is 104 cm³/mol. The highest BCUT2D eigenvalue weighted by Gasteiger charge is 2.45. The Morgan fingerprint density at radius 2 is 1.85 bits per heavy atom. The van der Waals surface area contributed by atoms with E-state index in [1.54, 1.807) is 25.1 Å². The number of thiophene rings is 1. The molecule has 1 aromatic carbocycles. The Balaban J connectivity index is 2.21. The van der Waals surface area contributed by atoms with E-state index in [2.05, 4.69) is 0 Å². The summed E-state index contributed by atoms with van der Waals surface area (Å²) < 4.78 is 10.6. The zero-order chi connectivity index (χ0) is 19.7. The Morgan fingerprint density at radius 3 is 2.33 bits per heavy atom. The average molecular weight is 387 g/mol. The van der Waals surface area contributed by atoms with Crippen molar-refractivity contribution in [3.63, 3.8) is 0 Å². The minimum Gasteiger partial charge on any atom is -0.503 e. The maximum Gasteiger partial charge on any atom is 0.294 e. The molecule has 0 saturated heterocycles. The maximum atomic E-state index is 12.9. The molecule has 7 heteroatoms. The number of ketones is 1. The number of anilines is 1. The fourth-order valence-corrected chi connectivity index (χ4v) is 4.22. The number of nitrogens with zero attached hydrogens (tertiary/aromatic N) is 1. The molecular weight excluding hydrogens is 366 g/mol. The predicted octanol–water partition coefficient (Wildman–Crippen LogP) is 3.95. The summed E-state index contributed by atoms with van der Waals surface area (Å²) in [5.41, 5.74) is 1.57. The molecule has 0 fully saturated rings. The molecule has 1 aliphatic heterocycles. The summed E-state index contributed by atoms with van der Waals surface area (Å²) in [6.45, 7) is 3.63. The van der Waals surface area contributed by atoms with E-state index in [0.29, 0.717) is 17.2 Å². The minimum atomic E-state index is -0.679. The molecule has 0 bridgehead atoms. The maximum absolute atomic E-state index is 12.9. The number of aliphatic hydroxyl groups excluding tert-OH is 1. The van der Waals surface area contributed by atoms with Crippen molar-refractivity contribution >= 4 is 28.7 Å². The van der Waals surface area contributed by atoms with Gasteiger partial charge in [0.2, 0.25) is 0 Å². The van der Waals surface area contributed by atoms with Crippen LogP contribution in [0.2, 0.25) is 0 Å². The van der Waals surface area contributed by atoms with Crippen LogP contribution in [0.3, 0.4) is 0 Å². The van der Waals surface area contributed by atoms with Crippen molar-refractivity contribution in [3.05, 3.63) is 51.4 Å². The van der Waals surface area contributed by atoms with Gasteiger partial charge in [0.15, 0.2) is 11.5 Å². The zero-order valence-corrected chi connectivity index (χ0v) is 16.4. The molecule has 1 aliphatic rings. The SMILES string of the molecule is CCC(=O)C1=C(O)C(=O)N(c2cc(OC)cc(OC)c2)C1c1sccc1C. The number of Topliss-reactive ketones (excluding diaryl/α,β-unsaturated/α-hetero) is 1. The van der Waals surface area contributed by atoms with Crippen LogP contribution in [-0.4, -0.2) is 31.0 Å². The van der Waals surface area contributed by atoms with Gasteiger partial charge in [0.1, 0.15) is 17.5 Å². The molecule has 0 spiro atoms. The largest absolute Gasteiger partial charge is 0.503 e. The summed E-state index contributed by atoms with van der Waals surface area (Å²) in [5.74, 6) is -0.348. The van der Waals surface area contributed by atoms with Crippen molar-refractivity contribution in [1.82, 2.24) is 0 Å². The smallest absolute Gasteiger partial charge is 0.294 e. The topological polar surface area (TPSA) is 76.1 Å². The van der Waals surface area contributed by atoms with E-state index in [9.17, 15) is 14.7 Å². The van der Waals surface area contributed by atoms with E-state index < -0.39 is 17.7 Å². The number of ether oxygens (including phenoxy) is 2. The van der Waals surface area contributed by atoms with Gasteiger partial charge in [-0.1, -0.05) is 6.92 Å². The lowest BCUT2D eigenvalue weighted by Gasteiger charge is -2.27. The molecule has 27 heavy (non-hydrogen) atoms. The number of benzene rings is 1. The summed E-state index contributed by atoms with van der Waals surface area (Å²) in [7, 11) is 3.04. The average Bonchev–Trinajstić information content (AvgIpc) is 3.21. The van der Waals surface area contributed by atoms with E-state index in [1.165, 1.54) is 30.5 Å². The van der Waals surface area contributed by atoms with Gasteiger partial charge >= 0.3 is 0 Å². The first-order valence-corrected chi connectivity index (χ1v) is 9.37. The Morgan fingerprint density at radius 1 is 1.22 bits per heavy atom.